The first-order valence-corrected chi connectivity index (χ1v) is 7.30. The molecule has 0 atom stereocenters. The van der Waals surface area contributed by atoms with Crippen LogP contribution in [0, 0.1) is 0 Å². The van der Waals surface area contributed by atoms with Crippen molar-refractivity contribution in [2.45, 2.75) is 6.42 Å². The molecule has 20 heavy (non-hydrogen) atoms. The molecule has 1 N–H and O–H groups in total. The van der Waals surface area contributed by atoms with Gasteiger partial charge in [0.15, 0.2) is 0 Å². The average Bonchev–Trinajstić information content (AvgIpc) is 2.49. The second kappa shape index (κ2) is 6.01. The van der Waals surface area contributed by atoms with Crippen molar-refractivity contribution in [2.75, 3.05) is 11.9 Å². The summed E-state index contributed by atoms with van der Waals surface area (Å²) in [6.45, 7) is 0.838. The minimum Gasteiger partial charge on any atom is -0.369 e. The summed E-state index contributed by atoms with van der Waals surface area (Å²) >= 11 is 3.57. The number of aromatic nitrogens is 2. The minimum atomic E-state index is 0.838. The minimum absolute atomic E-state index is 0.838. The van der Waals surface area contributed by atoms with Crippen LogP contribution < -0.4 is 5.32 Å². The van der Waals surface area contributed by atoms with E-state index in [9.17, 15) is 0 Å². The van der Waals surface area contributed by atoms with Crippen LogP contribution >= 0.6 is 15.9 Å². The summed E-state index contributed by atoms with van der Waals surface area (Å²) in [6, 6.07) is 12.2. The molecule has 0 fully saturated rings. The van der Waals surface area contributed by atoms with E-state index in [1.54, 1.807) is 6.20 Å². The highest BCUT2D eigenvalue weighted by Crippen LogP contribution is 2.27. The molecule has 3 nitrogen and oxygen atoms in total. The topological polar surface area (TPSA) is 37.8 Å². The Balaban J connectivity index is 1.76. The fourth-order valence-electron chi connectivity index (χ4n) is 2.18. The normalized spacial score (nSPS) is 10.7. The number of benzene rings is 1. The molecule has 3 rings (SSSR count). The average molecular weight is 328 g/mol. The van der Waals surface area contributed by atoms with Gasteiger partial charge in [0.1, 0.15) is 5.82 Å². The Labute approximate surface area is 126 Å². The maximum Gasteiger partial charge on any atom is 0.133 e. The van der Waals surface area contributed by atoms with Crippen LogP contribution in [0.1, 0.15) is 5.56 Å². The van der Waals surface area contributed by atoms with Crippen molar-refractivity contribution in [1.82, 2.24) is 9.97 Å². The number of pyridine rings is 2. The smallest absolute Gasteiger partial charge is 0.133 e. The van der Waals surface area contributed by atoms with Crippen molar-refractivity contribution < 1.29 is 0 Å². The largest absolute Gasteiger partial charge is 0.369 e. The lowest BCUT2D eigenvalue weighted by molar-refractivity contribution is 0.997. The van der Waals surface area contributed by atoms with Crippen LogP contribution in [-0.2, 0) is 6.42 Å². The maximum atomic E-state index is 4.43. The van der Waals surface area contributed by atoms with Gasteiger partial charge in [0.2, 0.25) is 0 Å². The number of nitrogens with zero attached hydrogens (tertiary/aromatic N) is 2. The molecular weight excluding hydrogens is 314 g/mol. The van der Waals surface area contributed by atoms with E-state index in [0.717, 1.165) is 28.6 Å². The van der Waals surface area contributed by atoms with Gasteiger partial charge in [-0.25, -0.2) is 4.98 Å². The third-order valence-corrected chi connectivity index (χ3v) is 3.87. The van der Waals surface area contributed by atoms with Crippen molar-refractivity contribution in [3.63, 3.8) is 0 Å². The molecule has 3 aromatic rings. The summed E-state index contributed by atoms with van der Waals surface area (Å²) in [5.41, 5.74) is 1.22. The zero-order valence-electron chi connectivity index (χ0n) is 10.9. The van der Waals surface area contributed by atoms with Gasteiger partial charge in [0, 0.05) is 40.4 Å². The lowest BCUT2D eigenvalue weighted by atomic mass is 10.1. The third kappa shape index (κ3) is 2.80. The predicted octanol–water partition coefficient (Wildman–Crippen LogP) is 4.05. The Hall–Kier alpha value is -1.94. The quantitative estimate of drug-likeness (QED) is 0.785. The number of rotatable bonds is 4. The second-order valence-electron chi connectivity index (χ2n) is 4.53. The summed E-state index contributed by atoms with van der Waals surface area (Å²) in [5, 5.41) is 5.71. The number of nitrogens with one attached hydrogen (secondary N) is 1. The van der Waals surface area contributed by atoms with Gasteiger partial charge in [-0.05, 0) is 30.2 Å². The van der Waals surface area contributed by atoms with E-state index >= 15 is 0 Å². The standard InChI is InChI=1S/C16H14BrN3/c17-15-5-1-4-14-13(15)7-10-20-16(14)19-9-6-12-3-2-8-18-11-12/h1-5,7-8,10-11H,6,9H2,(H,19,20). The first-order valence-electron chi connectivity index (χ1n) is 6.50. The van der Waals surface area contributed by atoms with E-state index < -0.39 is 0 Å². The van der Waals surface area contributed by atoms with Crippen molar-refractivity contribution >= 4 is 32.5 Å². The summed E-state index contributed by atoms with van der Waals surface area (Å²) in [5.74, 6) is 0.924. The van der Waals surface area contributed by atoms with E-state index in [-0.39, 0.29) is 0 Å². The second-order valence-corrected chi connectivity index (χ2v) is 5.39. The number of anilines is 1. The van der Waals surface area contributed by atoms with Crippen LogP contribution in [0.25, 0.3) is 10.8 Å². The first-order chi connectivity index (χ1) is 9.84. The Morgan fingerprint density at radius 1 is 1.00 bits per heavy atom. The molecule has 0 aliphatic heterocycles. The van der Waals surface area contributed by atoms with E-state index in [1.807, 2.05) is 36.7 Å². The highest BCUT2D eigenvalue weighted by molar-refractivity contribution is 9.10. The molecule has 2 aromatic heterocycles. The molecule has 0 saturated carbocycles. The van der Waals surface area contributed by atoms with Gasteiger partial charge >= 0.3 is 0 Å². The number of hydrogen-bond acceptors (Lipinski definition) is 3. The molecule has 0 bridgehead atoms. The lowest BCUT2D eigenvalue weighted by Gasteiger charge is -2.09. The van der Waals surface area contributed by atoms with Crippen LogP contribution in [0.4, 0.5) is 5.82 Å². The lowest BCUT2D eigenvalue weighted by Crippen LogP contribution is -2.06. The highest BCUT2D eigenvalue weighted by atomic mass is 79.9. The van der Waals surface area contributed by atoms with Gasteiger partial charge in [-0.3, -0.25) is 4.98 Å². The van der Waals surface area contributed by atoms with Crippen molar-refractivity contribution in [3.05, 3.63) is 65.0 Å². The molecule has 0 radical (unpaired) electrons. The van der Waals surface area contributed by atoms with Gasteiger partial charge < -0.3 is 5.32 Å². The monoisotopic (exact) mass is 327 g/mol. The van der Waals surface area contributed by atoms with Crippen molar-refractivity contribution in [3.8, 4) is 0 Å². The first kappa shape index (κ1) is 13.1. The van der Waals surface area contributed by atoms with E-state index in [2.05, 4.69) is 43.3 Å². The molecule has 0 aliphatic rings. The zero-order valence-corrected chi connectivity index (χ0v) is 12.5. The Morgan fingerprint density at radius 2 is 1.95 bits per heavy atom. The van der Waals surface area contributed by atoms with Crippen LogP contribution in [-0.4, -0.2) is 16.5 Å². The summed E-state index contributed by atoms with van der Waals surface area (Å²) < 4.78 is 1.09. The molecule has 0 unspecified atom stereocenters. The molecule has 0 spiro atoms. The van der Waals surface area contributed by atoms with Crippen LogP contribution in [0.3, 0.4) is 0 Å². The zero-order chi connectivity index (χ0) is 13.8. The molecule has 0 saturated heterocycles. The van der Waals surface area contributed by atoms with E-state index in [1.165, 1.54) is 10.9 Å². The molecule has 100 valence electrons. The Bertz CT molecular complexity index is 713. The fraction of sp³-hybridized carbons (Fsp3) is 0.125. The SMILES string of the molecule is Brc1cccc2c(NCCc3cccnc3)nccc12. The van der Waals surface area contributed by atoms with Gasteiger partial charge in [-0.15, -0.1) is 0 Å². The molecule has 0 aliphatic carbocycles. The number of hydrogen-bond donors (Lipinski definition) is 1. The highest BCUT2D eigenvalue weighted by Gasteiger charge is 2.04. The van der Waals surface area contributed by atoms with Crippen LogP contribution in [0.2, 0.25) is 0 Å². The summed E-state index contributed by atoms with van der Waals surface area (Å²) in [7, 11) is 0. The van der Waals surface area contributed by atoms with Gasteiger partial charge in [0.25, 0.3) is 0 Å². The third-order valence-electron chi connectivity index (χ3n) is 3.18. The Kier molecular flexibility index (Phi) is 3.92. The number of halogens is 1. The van der Waals surface area contributed by atoms with Gasteiger partial charge in [-0.1, -0.05) is 34.1 Å². The van der Waals surface area contributed by atoms with Crippen molar-refractivity contribution in [2.24, 2.45) is 0 Å². The van der Waals surface area contributed by atoms with Crippen LogP contribution in [0.5, 0.6) is 0 Å². The van der Waals surface area contributed by atoms with E-state index in [4.69, 9.17) is 0 Å². The van der Waals surface area contributed by atoms with Crippen molar-refractivity contribution in [1.29, 1.82) is 0 Å². The van der Waals surface area contributed by atoms with Gasteiger partial charge in [-0.2, -0.15) is 0 Å². The molecule has 4 heteroatoms. The predicted molar refractivity (Wildman–Crippen MR) is 85.9 cm³/mol. The molecular formula is C16H14BrN3. The fourth-order valence-corrected chi connectivity index (χ4v) is 2.68. The number of fused-ring (bicyclic) bond motifs is 1. The van der Waals surface area contributed by atoms with E-state index in [0.29, 0.717) is 0 Å². The summed E-state index contributed by atoms with van der Waals surface area (Å²) in [4.78, 5) is 8.55. The van der Waals surface area contributed by atoms with Gasteiger partial charge in [0.05, 0.1) is 0 Å². The maximum absolute atomic E-state index is 4.43. The molecule has 2 heterocycles. The summed E-state index contributed by atoms with van der Waals surface area (Å²) in [6.07, 6.45) is 6.45. The molecule has 1 aromatic carbocycles. The van der Waals surface area contributed by atoms with Crippen LogP contribution in [0.15, 0.2) is 59.5 Å². The Morgan fingerprint density at radius 3 is 2.80 bits per heavy atom. The molecule has 0 amide bonds.